The Morgan fingerprint density at radius 1 is 0.529 bits per heavy atom. The summed E-state index contributed by atoms with van der Waals surface area (Å²) >= 11 is 0. The van der Waals surface area contributed by atoms with Crippen LogP contribution < -0.4 is 0 Å². The molecule has 0 amide bonds. The zero-order chi connectivity index (χ0) is 13.8. The smallest absolute Gasteiger partial charge is 0.174 e. The van der Waals surface area contributed by atoms with Crippen molar-refractivity contribution in [3.8, 4) is 0 Å². The van der Waals surface area contributed by atoms with E-state index in [0.29, 0.717) is 0 Å². The van der Waals surface area contributed by atoms with Crippen LogP contribution >= 0.6 is 0 Å². The molecule has 0 spiro atoms. The summed E-state index contributed by atoms with van der Waals surface area (Å²) in [6.45, 7) is 9.42. The average molecular weight is 363 g/mol. The van der Waals surface area contributed by atoms with Crippen molar-refractivity contribution in [2.24, 2.45) is 0 Å². The molecule has 0 heterocycles. The molecule has 0 N–H and O–H groups in total. The number of rotatable bonds is 3. The van der Waals surface area contributed by atoms with Crippen LogP contribution in [0.4, 0.5) is 13.2 Å². The number of hydrogen-bond acceptors (Lipinski definition) is 0. The Hall–Kier alpha value is 0.589. The van der Waals surface area contributed by atoms with Crippen LogP contribution in [0.1, 0.15) is 80.1 Å². The van der Waals surface area contributed by atoms with Crippen molar-refractivity contribution in [1.29, 1.82) is 0 Å². The van der Waals surface area contributed by atoms with Crippen LogP contribution in [0.2, 0.25) is 0 Å². The molecular formula is C13H31F3Sn. The van der Waals surface area contributed by atoms with Crippen molar-refractivity contribution < 1.29 is 13.2 Å². The van der Waals surface area contributed by atoms with E-state index in [1.807, 2.05) is 0 Å². The molecule has 0 bridgehead atoms. The molecule has 0 atom stereocenters. The molecule has 0 aromatic carbocycles. The van der Waals surface area contributed by atoms with Crippen molar-refractivity contribution >= 4 is 23.9 Å². The summed E-state index contributed by atoms with van der Waals surface area (Å²) in [7, 11) is 0. The third-order valence-corrected chi connectivity index (χ3v) is 1.50. The van der Waals surface area contributed by atoms with Gasteiger partial charge in [-0.3, -0.25) is 0 Å². The van der Waals surface area contributed by atoms with E-state index in [4.69, 9.17) is 0 Å². The van der Waals surface area contributed by atoms with Gasteiger partial charge >= 0.3 is 6.68 Å². The van der Waals surface area contributed by atoms with Gasteiger partial charge in [-0.25, -0.2) is 0 Å². The van der Waals surface area contributed by atoms with E-state index in [1.54, 1.807) is 0 Å². The molecule has 0 nitrogen and oxygen atoms in total. The molecule has 0 aliphatic carbocycles. The van der Waals surface area contributed by atoms with E-state index in [9.17, 15) is 13.2 Å². The summed E-state index contributed by atoms with van der Waals surface area (Å²) in [5.41, 5.74) is 0. The minimum absolute atomic E-state index is 0. The van der Waals surface area contributed by atoms with Crippen molar-refractivity contribution in [2.75, 3.05) is 0 Å². The summed E-state index contributed by atoms with van der Waals surface area (Å²) in [6.07, 6.45) is 7.92. The Kier molecular flexibility index (Phi) is 78.8. The molecule has 0 aliphatic rings. The average Bonchev–Trinajstić information content (AvgIpc) is 2.28. The Labute approximate surface area is 124 Å². The Morgan fingerprint density at radius 2 is 0.588 bits per heavy atom. The molecule has 0 aromatic heterocycles. The SMILES string of the molecule is CCCC.CCCC.CCCC.FC(F)F.[Sn]. The first-order valence-electron chi connectivity index (χ1n) is 6.40. The summed E-state index contributed by atoms with van der Waals surface area (Å²) in [5.74, 6) is 0. The Balaban J connectivity index is -0.0000000369. The van der Waals surface area contributed by atoms with Crippen molar-refractivity contribution in [2.45, 2.75) is 86.7 Å². The molecule has 4 heteroatoms. The molecule has 4 radical (unpaired) electrons. The molecule has 0 rings (SSSR count). The number of halogens is 3. The van der Waals surface area contributed by atoms with E-state index >= 15 is 0 Å². The second-order valence-corrected chi connectivity index (χ2v) is 3.25. The van der Waals surface area contributed by atoms with E-state index in [2.05, 4.69) is 41.5 Å². The maximum atomic E-state index is 9.67. The van der Waals surface area contributed by atoms with Gasteiger partial charge in [0, 0.05) is 23.9 Å². The minimum atomic E-state index is -3.67. The molecule has 108 valence electrons. The maximum Gasteiger partial charge on any atom is 0.379 e. The largest absolute Gasteiger partial charge is 0.379 e. The molecular weight excluding hydrogens is 332 g/mol. The molecule has 0 aromatic rings. The summed E-state index contributed by atoms with van der Waals surface area (Å²) < 4.78 is 29.0. The second-order valence-electron chi connectivity index (χ2n) is 3.25. The van der Waals surface area contributed by atoms with E-state index in [1.165, 1.54) is 38.5 Å². The van der Waals surface area contributed by atoms with Crippen molar-refractivity contribution in [1.82, 2.24) is 0 Å². The predicted molar refractivity (Wildman–Crippen MR) is 74.6 cm³/mol. The fourth-order valence-electron chi connectivity index (χ4n) is 0. The first-order valence-corrected chi connectivity index (χ1v) is 6.40. The zero-order valence-electron chi connectivity index (χ0n) is 12.5. The van der Waals surface area contributed by atoms with Gasteiger partial charge in [0.25, 0.3) is 0 Å². The monoisotopic (exact) mass is 364 g/mol. The Bertz CT molecular complexity index is 53.4. The van der Waals surface area contributed by atoms with Gasteiger partial charge in [0.05, 0.1) is 0 Å². The van der Waals surface area contributed by atoms with Crippen molar-refractivity contribution in [3.63, 3.8) is 0 Å². The van der Waals surface area contributed by atoms with Crippen LogP contribution in [0.15, 0.2) is 0 Å². The van der Waals surface area contributed by atoms with Crippen LogP contribution in [0, 0.1) is 0 Å². The maximum absolute atomic E-state index is 9.67. The summed E-state index contributed by atoms with van der Waals surface area (Å²) in [4.78, 5) is 0. The fraction of sp³-hybridized carbons (Fsp3) is 1.00. The quantitative estimate of drug-likeness (QED) is 0.523. The van der Waals surface area contributed by atoms with Gasteiger partial charge in [0.15, 0.2) is 0 Å². The van der Waals surface area contributed by atoms with Gasteiger partial charge in [-0.1, -0.05) is 80.1 Å². The summed E-state index contributed by atoms with van der Waals surface area (Å²) in [6, 6.07) is 0. The Morgan fingerprint density at radius 3 is 0.588 bits per heavy atom. The van der Waals surface area contributed by atoms with Crippen LogP contribution in [0.3, 0.4) is 0 Å². The second kappa shape index (κ2) is 43.8. The van der Waals surface area contributed by atoms with Crippen LogP contribution in [0.5, 0.6) is 0 Å². The van der Waals surface area contributed by atoms with Crippen LogP contribution in [0.25, 0.3) is 0 Å². The van der Waals surface area contributed by atoms with Crippen molar-refractivity contribution in [3.05, 3.63) is 0 Å². The molecule has 0 saturated carbocycles. The zero-order valence-corrected chi connectivity index (χ0v) is 15.3. The molecule has 0 saturated heterocycles. The molecule has 0 unspecified atom stereocenters. The van der Waals surface area contributed by atoms with E-state index < -0.39 is 6.68 Å². The normalized spacial score (nSPS) is 7.41. The first-order chi connectivity index (χ1) is 7.47. The van der Waals surface area contributed by atoms with Gasteiger partial charge in [0.2, 0.25) is 0 Å². The van der Waals surface area contributed by atoms with Gasteiger partial charge in [-0.05, 0) is 0 Å². The third-order valence-electron chi connectivity index (χ3n) is 1.50. The first kappa shape index (κ1) is 30.5. The van der Waals surface area contributed by atoms with Gasteiger partial charge in [0.1, 0.15) is 0 Å². The van der Waals surface area contributed by atoms with E-state index in [0.717, 1.165) is 0 Å². The molecule has 0 fully saturated rings. The van der Waals surface area contributed by atoms with Gasteiger partial charge in [-0.2, -0.15) is 13.2 Å². The minimum Gasteiger partial charge on any atom is -0.174 e. The van der Waals surface area contributed by atoms with Crippen LogP contribution in [-0.4, -0.2) is 30.6 Å². The number of alkyl halides is 3. The van der Waals surface area contributed by atoms with Crippen LogP contribution in [-0.2, 0) is 0 Å². The molecule has 0 aliphatic heterocycles. The molecule has 17 heavy (non-hydrogen) atoms. The number of unbranched alkanes of at least 4 members (excludes halogenated alkanes) is 3. The fourth-order valence-corrected chi connectivity index (χ4v) is 0. The van der Waals surface area contributed by atoms with Gasteiger partial charge < -0.3 is 0 Å². The predicted octanol–water partition coefficient (Wildman–Crippen LogP) is 6.22. The number of hydrogen-bond donors (Lipinski definition) is 0. The third kappa shape index (κ3) is 274. The topological polar surface area (TPSA) is 0 Å². The van der Waals surface area contributed by atoms with E-state index in [-0.39, 0.29) is 23.9 Å². The summed E-state index contributed by atoms with van der Waals surface area (Å²) in [5, 5.41) is 0. The standard InChI is InChI=1S/3C4H10.CHF3.Sn/c3*1-3-4-2;2-1(3)4;/h3*3-4H2,1-2H3;1H;. The van der Waals surface area contributed by atoms with Gasteiger partial charge in [-0.15, -0.1) is 0 Å².